The van der Waals surface area contributed by atoms with Crippen molar-refractivity contribution >= 4 is 17.5 Å². The molecule has 0 bridgehead atoms. The van der Waals surface area contributed by atoms with Crippen LogP contribution in [0.5, 0.6) is 5.75 Å². The summed E-state index contributed by atoms with van der Waals surface area (Å²) in [6.45, 7) is 1.53. The van der Waals surface area contributed by atoms with Crippen molar-refractivity contribution < 1.29 is 18.7 Å². The minimum atomic E-state index is -0.507. The lowest BCUT2D eigenvalue weighted by Gasteiger charge is -2.29. The van der Waals surface area contributed by atoms with E-state index in [1.165, 1.54) is 17.0 Å². The number of hydrazine groups is 1. The Balaban J connectivity index is 1.55. The Hall–Kier alpha value is -2.77. The molecule has 2 aromatic carbocycles. The van der Waals surface area contributed by atoms with Crippen molar-refractivity contribution in [3.05, 3.63) is 59.9 Å². The van der Waals surface area contributed by atoms with E-state index in [0.717, 1.165) is 25.1 Å². The standard InChI is InChI=1S/C21H20FN3O3/c1-28-16-9-7-15(8-10-16)25-20(26)17-18(13-3-5-14(22)6-4-13)23-11-2-12-24(23)19(17)21(25)27/h3-10,17-19H,2,11-12H2,1H3/t17-,18+,19+/m0/s1. The SMILES string of the molecule is COc1ccc(N2C(=O)[C@H]3[C@@H](c4ccc(F)cc4)N4CCCN4[C@H]3C2=O)cc1. The first-order valence-electron chi connectivity index (χ1n) is 9.40. The molecule has 0 unspecified atom stereocenters. The van der Waals surface area contributed by atoms with E-state index in [4.69, 9.17) is 4.74 Å². The Bertz CT molecular complexity index is 931. The fraction of sp³-hybridized carbons (Fsp3) is 0.333. The van der Waals surface area contributed by atoms with Crippen molar-refractivity contribution in [2.24, 2.45) is 5.92 Å². The van der Waals surface area contributed by atoms with Crippen LogP contribution in [0, 0.1) is 11.7 Å². The molecule has 7 heteroatoms. The molecule has 6 nitrogen and oxygen atoms in total. The quantitative estimate of drug-likeness (QED) is 0.764. The number of benzene rings is 2. The van der Waals surface area contributed by atoms with Crippen molar-refractivity contribution in [1.82, 2.24) is 10.0 Å². The van der Waals surface area contributed by atoms with E-state index < -0.39 is 12.0 Å². The third-order valence-corrected chi connectivity index (χ3v) is 5.95. The van der Waals surface area contributed by atoms with E-state index in [1.54, 1.807) is 43.5 Å². The van der Waals surface area contributed by atoms with Gasteiger partial charge in [-0.3, -0.25) is 9.59 Å². The zero-order valence-corrected chi connectivity index (χ0v) is 15.4. The number of anilines is 1. The van der Waals surface area contributed by atoms with Gasteiger partial charge >= 0.3 is 0 Å². The molecule has 3 saturated heterocycles. The van der Waals surface area contributed by atoms with Crippen LogP contribution in [0.1, 0.15) is 18.0 Å². The maximum absolute atomic E-state index is 13.4. The van der Waals surface area contributed by atoms with Crippen molar-refractivity contribution in [3.63, 3.8) is 0 Å². The van der Waals surface area contributed by atoms with Gasteiger partial charge in [-0.15, -0.1) is 0 Å². The van der Waals surface area contributed by atoms with Crippen LogP contribution in [-0.4, -0.2) is 48.1 Å². The molecule has 2 amide bonds. The van der Waals surface area contributed by atoms with Crippen LogP contribution in [0.4, 0.5) is 10.1 Å². The van der Waals surface area contributed by atoms with Gasteiger partial charge in [-0.2, -0.15) is 0 Å². The number of ether oxygens (including phenoxy) is 1. The van der Waals surface area contributed by atoms with Gasteiger partial charge in [0.1, 0.15) is 17.6 Å². The van der Waals surface area contributed by atoms with Crippen molar-refractivity contribution in [1.29, 1.82) is 0 Å². The summed E-state index contributed by atoms with van der Waals surface area (Å²) in [5.74, 6) is -0.552. The lowest BCUT2D eigenvalue weighted by Crippen LogP contribution is -2.44. The fourth-order valence-electron chi connectivity index (χ4n) is 4.76. The van der Waals surface area contributed by atoms with Crippen LogP contribution in [0.3, 0.4) is 0 Å². The number of nitrogens with zero attached hydrogens (tertiary/aromatic N) is 3. The summed E-state index contributed by atoms with van der Waals surface area (Å²) in [5, 5.41) is 4.15. The zero-order chi connectivity index (χ0) is 19.4. The molecule has 0 N–H and O–H groups in total. The number of carbonyl (C=O) groups excluding carboxylic acids is 2. The summed E-state index contributed by atoms with van der Waals surface area (Å²) in [4.78, 5) is 27.9. The molecule has 3 aliphatic rings. The maximum atomic E-state index is 13.4. The van der Waals surface area contributed by atoms with Gasteiger partial charge in [0, 0.05) is 13.1 Å². The molecule has 3 fully saturated rings. The number of carbonyl (C=O) groups is 2. The second-order valence-corrected chi connectivity index (χ2v) is 7.36. The second kappa shape index (κ2) is 6.39. The number of halogens is 1. The van der Waals surface area contributed by atoms with Crippen LogP contribution in [-0.2, 0) is 9.59 Å². The molecule has 3 heterocycles. The van der Waals surface area contributed by atoms with Gasteiger partial charge in [0.05, 0.1) is 24.8 Å². The summed E-state index contributed by atoms with van der Waals surface area (Å²) in [6.07, 6.45) is 0.935. The number of hydrogen-bond donors (Lipinski definition) is 0. The molecular formula is C21H20FN3O3. The van der Waals surface area contributed by atoms with Crippen LogP contribution >= 0.6 is 0 Å². The minimum Gasteiger partial charge on any atom is -0.497 e. The van der Waals surface area contributed by atoms with Gasteiger partial charge in [-0.1, -0.05) is 12.1 Å². The number of rotatable bonds is 3. The molecule has 5 rings (SSSR count). The van der Waals surface area contributed by atoms with Gasteiger partial charge in [-0.25, -0.2) is 19.3 Å². The predicted octanol–water partition coefficient (Wildman–Crippen LogP) is 2.37. The van der Waals surface area contributed by atoms with E-state index in [1.807, 2.05) is 5.01 Å². The summed E-state index contributed by atoms with van der Waals surface area (Å²) < 4.78 is 18.6. The number of fused-ring (bicyclic) bond motifs is 3. The largest absolute Gasteiger partial charge is 0.497 e. The predicted molar refractivity (Wildman–Crippen MR) is 99.9 cm³/mol. The third kappa shape index (κ3) is 2.40. The van der Waals surface area contributed by atoms with E-state index in [9.17, 15) is 14.0 Å². The van der Waals surface area contributed by atoms with Crippen molar-refractivity contribution in [2.45, 2.75) is 18.5 Å². The Morgan fingerprint density at radius 2 is 1.54 bits per heavy atom. The summed E-state index contributed by atoms with van der Waals surface area (Å²) >= 11 is 0. The normalized spacial score (nSPS) is 27.4. The number of hydrogen-bond acceptors (Lipinski definition) is 5. The maximum Gasteiger partial charge on any atom is 0.253 e. The molecule has 2 aromatic rings. The Morgan fingerprint density at radius 3 is 2.18 bits per heavy atom. The average molecular weight is 381 g/mol. The van der Waals surface area contributed by atoms with E-state index in [0.29, 0.717) is 11.4 Å². The van der Waals surface area contributed by atoms with E-state index in [2.05, 4.69) is 5.01 Å². The van der Waals surface area contributed by atoms with Crippen molar-refractivity contribution in [2.75, 3.05) is 25.1 Å². The first kappa shape index (κ1) is 17.3. The van der Waals surface area contributed by atoms with Gasteiger partial charge in [0.15, 0.2) is 0 Å². The lowest BCUT2D eigenvalue weighted by atomic mass is 9.90. The van der Waals surface area contributed by atoms with Crippen LogP contribution in [0.2, 0.25) is 0 Å². The molecule has 0 saturated carbocycles. The van der Waals surface area contributed by atoms with Crippen LogP contribution in [0.15, 0.2) is 48.5 Å². The van der Waals surface area contributed by atoms with Crippen LogP contribution < -0.4 is 9.64 Å². The highest BCUT2D eigenvalue weighted by Gasteiger charge is 2.62. The van der Waals surface area contributed by atoms with Gasteiger partial charge < -0.3 is 4.74 Å². The summed E-state index contributed by atoms with van der Waals surface area (Å²) in [5.41, 5.74) is 1.41. The van der Waals surface area contributed by atoms with Crippen molar-refractivity contribution in [3.8, 4) is 5.75 Å². The molecule has 0 aromatic heterocycles. The van der Waals surface area contributed by atoms with Gasteiger partial charge in [0.25, 0.3) is 5.91 Å². The average Bonchev–Trinajstić information content (AvgIpc) is 3.35. The first-order valence-corrected chi connectivity index (χ1v) is 9.40. The van der Waals surface area contributed by atoms with Crippen LogP contribution in [0.25, 0.3) is 0 Å². The second-order valence-electron chi connectivity index (χ2n) is 7.36. The molecule has 144 valence electrons. The zero-order valence-electron chi connectivity index (χ0n) is 15.4. The third-order valence-electron chi connectivity index (χ3n) is 5.95. The number of methoxy groups -OCH3 is 1. The topological polar surface area (TPSA) is 53.1 Å². The summed E-state index contributed by atoms with van der Waals surface area (Å²) in [7, 11) is 1.57. The smallest absolute Gasteiger partial charge is 0.253 e. The highest BCUT2D eigenvalue weighted by Crippen LogP contribution is 2.48. The lowest BCUT2D eigenvalue weighted by molar-refractivity contribution is -0.126. The van der Waals surface area contributed by atoms with E-state index in [-0.39, 0.29) is 23.7 Å². The fourth-order valence-corrected chi connectivity index (χ4v) is 4.76. The Morgan fingerprint density at radius 1 is 0.893 bits per heavy atom. The highest BCUT2D eigenvalue weighted by molar-refractivity contribution is 6.24. The molecule has 0 aliphatic carbocycles. The Kier molecular flexibility index (Phi) is 3.96. The molecule has 3 aliphatic heterocycles. The number of imide groups is 1. The first-order chi connectivity index (χ1) is 13.6. The van der Waals surface area contributed by atoms with Gasteiger partial charge in [-0.05, 0) is 48.4 Å². The molecule has 28 heavy (non-hydrogen) atoms. The van der Waals surface area contributed by atoms with Gasteiger partial charge in [0.2, 0.25) is 5.91 Å². The van der Waals surface area contributed by atoms with E-state index >= 15 is 0 Å². The molecular weight excluding hydrogens is 361 g/mol. The molecule has 3 atom stereocenters. The monoisotopic (exact) mass is 381 g/mol. The number of amides is 2. The Labute approximate surface area is 162 Å². The highest BCUT2D eigenvalue weighted by atomic mass is 19.1. The summed E-state index contributed by atoms with van der Waals surface area (Å²) in [6, 6.07) is 12.4. The molecule has 0 spiro atoms. The minimum absolute atomic E-state index is 0.198. The molecule has 0 radical (unpaired) electrons.